The summed E-state index contributed by atoms with van der Waals surface area (Å²) in [5, 5.41) is 7.18. The SMILES string of the molecule is CC1(C)CC(N2N=C(C3CCCCC3)c3ccc(Br)cc3N(C3(N)C=CC=CC3)C2=O)CC(C)(C)C1. The number of fused-ring (bicyclic) bond motifs is 1. The Labute approximate surface area is 225 Å². The molecule has 2 N–H and O–H groups in total. The van der Waals surface area contributed by atoms with Crippen molar-refractivity contribution in [3.05, 3.63) is 52.5 Å². The summed E-state index contributed by atoms with van der Waals surface area (Å²) in [6.07, 6.45) is 17.5. The molecule has 2 amide bonds. The van der Waals surface area contributed by atoms with E-state index in [1.54, 1.807) is 0 Å². The molecule has 0 saturated heterocycles. The average molecular weight is 554 g/mol. The molecule has 36 heavy (non-hydrogen) atoms. The van der Waals surface area contributed by atoms with E-state index in [4.69, 9.17) is 10.8 Å². The number of allylic oxidation sites excluding steroid dienone is 2. The van der Waals surface area contributed by atoms with Gasteiger partial charge >= 0.3 is 6.03 Å². The van der Waals surface area contributed by atoms with E-state index < -0.39 is 5.66 Å². The van der Waals surface area contributed by atoms with E-state index in [-0.39, 0.29) is 22.9 Å². The van der Waals surface area contributed by atoms with Crippen LogP contribution >= 0.6 is 15.9 Å². The maximum atomic E-state index is 14.7. The van der Waals surface area contributed by atoms with Crippen molar-refractivity contribution in [3.63, 3.8) is 0 Å². The third-order valence-corrected chi connectivity index (χ3v) is 8.94. The zero-order valence-corrected chi connectivity index (χ0v) is 23.9. The van der Waals surface area contributed by atoms with E-state index in [0.29, 0.717) is 12.3 Å². The minimum Gasteiger partial charge on any atom is -0.305 e. The van der Waals surface area contributed by atoms with Crippen molar-refractivity contribution in [2.45, 2.75) is 97.2 Å². The lowest BCUT2D eigenvalue weighted by molar-refractivity contribution is 0.0412. The monoisotopic (exact) mass is 552 g/mol. The van der Waals surface area contributed by atoms with Crippen molar-refractivity contribution < 1.29 is 4.79 Å². The number of hydrogen-bond acceptors (Lipinski definition) is 3. The van der Waals surface area contributed by atoms with Crippen LogP contribution in [-0.2, 0) is 0 Å². The Bertz CT molecular complexity index is 1100. The van der Waals surface area contributed by atoms with E-state index in [2.05, 4.69) is 67.9 Å². The fourth-order valence-electron chi connectivity index (χ4n) is 7.39. The lowest BCUT2D eigenvalue weighted by atomic mass is 9.63. The lowest BCUT2D eigenvalue weighted by Gasteiger charge is -2.48. The fraction of sp³-hybridized carbons (Fsp3) is 0.600. The molecule has 1 aliphatic heterocycles. The highest BCUT2D eigenvalue weighted by Crippen LogP contribution is 2.48. The Balaban J connectivity index is 1.69. The van der Waals surface area contributed by atoms with Crippen LogP contribution in [0.25, 0.3) is 0 Å². The quantitative estimate of drug-likeness (QED) is 0.416. The predicted octanol–water partition coefficient (Wildman–Crippen LogP) is 7.75. The number of benzene rings is 1. The zero-order valence-electron chi connectivity index (χ0n) is 22.3. The van der Waals surface area contributed by atoms with Gasteiger partial charge in [-0.05, 0) is 67.2 Å². The third kappa shape index (κ3) is 4.96. The molecule has 1 heterocycles. The van der Waals surface area contributed by atoms with Crippen molar-refractivity contribution in [3.8, 4) is 0 Å². The first-order valence-electron chi connectivity index (χ1n) is 13.6. The number of anilines is 1. The van der Waals surface area contributed by atoms with Gasteiger partial charge in [-0.3, -0.25) is 4.90 Å². The second kappa shape index (κ2) is 9.43. The van der Waals surface area contributed by atoms with Crippen LogP contribution in [0.5, 0.6) is 0 Å². The van der Waals surface area contributed by atoms with Crippen LogP contribution in [-0.4, -0.2) is 28.5 Å². The fourth-order valence-corrected chi connectivity index (χ4v) is 7.74. The summed E-state index contributed by atoms with van der Waals surface area (Å²) in [7, 11) is 0. The molecular weight excluding hydrogens is 512 g/mol. The molecule has 0 radical (unpaired) electrons. The van der Waals surface area contributed by atoms with Crippen LogP contribution < -0.4 is 10.6 Å². The van der Waals surface area contributed by atoms with Crippen LogP contribution in [0.4, 0.5) is 10.5 Å². The molecule has 1 aromatic rings. The average Bonchev–Trinajstić information content (AvgIpc) is 2.92. The van der Waals surface area contributed by atoms with E-state index in [1.165, 1.54) is 19.3 Å². The summed E-state index contributed by atoms with van der Waals surface area (Å²) in [5.74, 6) is 0.356. The highest BCUT2D eigenvalue weighted by Gasteiger charge is 2.47. The van der Waals surface area contributed by atoms with Crippen LogP contribution in [0.2, 0.25) is 0 Å². The molecule has 6 heteroatoms. The van der Waals surface area contributed by atoms with Gasteiger partial charge in [-0.2, -0.15) is 5.10 Å². The number of halogens is 1. The van der Waals surface area contributed by atoms with Gasteiger partial charge in [0.1, 0.15) is 5.66 Å². The van der Waals surface area contributed by atoms with E-state index in [1.807, 2.05) is 28.1 Å². The molecule has 2 fully saturated rings. The first-order valence-corrected chi connectivity index (χ1v) is 14.4. The Morgan fingerprint density at radius 1 is 1.03 bits per heavy atom. The molecule has 0 aromatic heterocycles. The highest BCUT2D eigenvalue weighted by atomic mass is 79.9. The zero-order chi connectivity index (χ0) is 25.7. The number of hydrogen-bond donors (Lipinski definition) is 1. The summed E-state index contributed by atoms with van der Waals surface area (Å²) in [6.45, 7) is 9.32. The minimum absolute atomic E-state index is 0.0294. The van der Waals surface area contributed by atoms with E-state index in [0.717, 1.165) is 53.5 Å². The van der Waals surface area contributed by atoms with Crippen molar-refractivity contribution in [2.24, 2.45) is 27.6 Å². The maximum Gasteiger partial charge on any atom is 0.346 e. The molecule has 5 nitrogen and oxygen atoms in total. The minimum atomic E-state index is -0.948. The number of rotatable bonds is 3. The molecule has 2 saturated carbocycles. The van der Waals surface area contributed by atoms with Gasteiger partial charge in [0, 0.05) is 22.4 Å². The standard InChI is InChI=1S/C30H41BrN4O/c1-28(2)18-23(19-29(3,4)20-28)35-27(36)34(30(32)15-9-6-10-16-30)25-17-22(31)13-14-24(25)26(33-35)21-11-7-5-8-12-21/h6,9-10,13-15,17,21,23H,5,7-8,11-12,16,18-20,32H2,1-4H3. The number of hydrazone groups is 1. The van der Waals surface area contributed by atoms with Gasteiger partial charge in [-0.1, -0.05) is 81.1 Å². The highest BCUT2D eigenvalue weighted by molar-refractivity contribution is 9.10. The predicted molar refractivity (Wildman–Crippen MR) is 152 cm³/mol. The molecule has 0 spiro atoms. The van der Waals surface area contributed by atoms with Crippen molar-refractivity contribution >= 4 is 33.4 Å². The van der Waals surface area contributed by atoms with Crippen LogP contribution in [0.1, 0.15) is 91.0 Å². The first-order chi connectivity index (χ1) is 17.0. The van der Waals surface area contributed by atoms with Crippen molar-refractivity contribution in [2.75, 3.05) is 4.90 Å². The smallest absolute Gasteiger partial charge is 0.305 e. The Kier molecular flexibility index (Phi) is 6.74. The Morgan fingerprint density at radius 2 is 1.72 bits per heavy atom. The van der Waals surface area contributed by atoms with Crippen LogP contribution in [0.15, 0.2) is 52.1 Å². The molecule has 1 aromatic carbocycles. The van der Waals surface area contributed by atoms with Gasteiger partial charge in [0.15, 0.2) is 0 Å². The van der Waals surface area contributed by atoms with Gasteiger partial charge in [0.05, 0.1) is 17.4 Å². The van der Waals surface area contributed by atoms with Gasteiger partial charge < -0.3 is 5.73 Å². The van der Waals surface area contributed by atoms with Crippen LogP contribution in [0.3, 0.4) is 0 Å². The molecule has 5 rings (SSSR count). The van der Waals surface area contributed by atoms with Gasteiger partial charge in [-0.15, -0.1) is 0 Å². The molecular formula is C30H41BrN4O. The molecule has 3 aliphatic carbocycles. The van der Waals surface area contributed by atoms with Gasteiger partial charge in [0.25, 0.3) is 0 Å². The number of nitrogens with zero attached hydrogens (tertiary/aromatic N) is 3. The molecule has 194 valence electrons. The van der Waals surface area contributed by atoms with Crippen molar-refractivity contribution in [1.82, 2.24) is 5.01 Å². The third-order valence-electron chi connectivity index (χ3n) is 8.44. The summed E-state index contributed by atoms with van der Waals surface area (Å²) in [6, 6.07) is 6.19. The maximum absolute atomic E-state index is 14.7. The molecule has 4 aliphatic rings. The number of urea groups is 1. The van der Waals surface area contributed by atoms with Gasteiger partial charge in [0.2, 0.25) is 0 Å². The largest absolute Gasteiger partial charge is 0.346 e. The second-order valence-corrected chi connectivity index (χ2v) is 13.9. The number of carbonyl (C=O) groups excluding carboxylic acids is 1. The number of amides is 2. The topological polar surface area (TPSA) is 61.9 Å². The van der Waals surface area contributed by atoms with Crippen molar-refractivity contribution in [1.29, 1.82) is 0 Å². The second-order valence-electron chi connectivity index (χ2n) is 13.0. The Hall–Kier alpha value is -1.92. The summed E-state index contributed by atoms with van der Waals surface area (Å²) in [4.78, 5) is 16.5. The molecule has 1 unspecified atom stereocenters. The number of carbonyl (C=O) groups is 1. The van der Waals surface area contributed by atoms with Crippen LogP contribution in [0, 0.1) is 16.7 Å². The lowest BCUT2D eigenvalue weighted by Crippen LogP contribution is -2.62. The molecule has 1 atom stereocenters. The first kappa shape index (κ1) is 25.7. The summed E-state index contributed by atoms with van der Waals surface area (Å²) in [5.41, 5.74) is 9.34. The van der Waals surface area contributed by atoms with E-state index >= 15 is 0 Å². The van der Waals surface area contributed by atoms with Gasteiger partial charge in [-0.25, -0.2) is 9.80 Å². The summed E-state index contributed by atoms with van der Waals surface area (Å²) >= 11 is 3.68. The normalized spacial score (nSPS) is 28.6. The van der Waals surface area contributed by atoms with E-state index in [9.17, 15) is 4.79 Å². The molecule has 0 bridgehead atoms. The summed E-state index contributed by atoms with van der Waals surface area (Å²) < 4.78 is 0.939. The number of nitrogens with two attached hydrogens (primary N) is 1. The Morgan fingerprint density at radius 3 is 2.36 bits per heavy atom.